The van der Waals surface area contributed by atoms with Crippen molar-refractivity contribution in [3.63, 3.8) is 0 Å². The summed E-state index contributed by atoms with van der Waals surface area (Å²) in [4.78, 5) is 10.3. The first-order valence-electron chi connectivity index (χ1n) is 4.62. The van der Waals surface area contributed by atoms with Gasteiger partial charge in [-0.25, -0.2) is 4.68 Å². The Bertz CT molecular complexity index is 626. The van der Waals surface area contributed by atoms with Crippen LogP contribution in [0.15, 0.2) is 30.5 Å². The van der Waals surface area contributed by atoms with E-state index in [1.165, 1.54) is 35.1 Å². The molecule has 0 fully saturated rings. The summed E-state index contributed by atoms with van der Waals surface area (Å²) in [5.41, 5.74) is 5.75. The topological polar surface area (TPSA) is 111 Å². The number of nitro benzene ring substituents is 1. The molecule has 1 heterocycles. The fourth-order valence-electron chi connectivity index (χ4n) is 1.41. The molecule has 7 nitrogen and oxygen atoms in total. The van der Waals surface area contributed by atoms with Gasteiger partial charge in [0, 0.05) is 18.3 Å². The van der Waals surface area contributed by atoms with Gasteiger partial charge in [0.25, 0.3) is 5.69 Å². The molecule has 0 unspecified atom stereocenters. The minimum absolute atomic E-state index is 0.188. The van der Waals surface area contributed by atoms with Gasteiger partial charge in [0.05, 0.1) is 16.6 Å². The third-order valence-corrected chi connectivity index (χ3v) is 2.16. The molecule has 1 aromatic heterocycles. The quantitative estimate of drug-likeness (QED) is 0.615. The van der Waals surface area contributed by atoms with E-state index in [2.05, 4.69) is 5.10 Å². The highest BCUT2D eigenvalue weighted by atomic mass is 16.6. The highest BCUT2D eigenvalue weighted by Gasteiger charge is 2.16. The lowest BCUT2D eigenvalue weighted by Crippen LogP contribution is -2.01. The minimum Gasteiger partial charge on any atom is -0.382 e. The molecule has 0 saturated heterocycles. The van der Waals surface area contributed by atoms with Crippen LogP contribution in [-0.4, -0.2) is 14.7 Å². The normalized spacial score (nSPS) is 9.82. The van der Waals surface area contributed by atoms with Crippen LogP contribution in [0.1, 0.15) is 5.56 Å². The Balaban J connectivity index is 2.62. The van der Waals surface area contributed by atoms with E-state index >= 15 is 0 Å². The van der Waals surface area contributed by atoms with Crippen molar-refractivity contribution >= 4 is 11.5 Å². The number of hydrogen-bond donors (Lipinski definition) is 1. The maximum atomic E-state index is 10.9. The molecule has 2 N–H and O–H groups in total. The molecule has 0 radical (unpaired) electrons. The monoisotopic (exact) mass is 229 g/mol. The van der Waals surface area contributed by atoms with E-state index in [0.29, 0.717) is 0 Å². The van der Waals surface area contributed by atoms with Crippen molar-refractivity contribution < 1.29 is 4.92 Å². The van der Waals surface area contributed by atoms with E-state index in [-0.39, 0.29) is 22.8 Å². The number of benzene rings is 1. The van der Waals surface area contributed by atoms with Crippen LogP contribution in [0.4, 0.5) is 11.5 Å². The van der Waals surface area contributed by atoms with Crippen molar-refractivity contribution in [1.82, 2.24) is 9.78 Å². The number of nitrogens with two attached hydrogens (primary N) is 1. The molecule has 7 heteroatoms. The standard InChI is InChI=1S/C10H7N5O2/c11-6-7-1-2-8(9(5-7)15(16)17)14-4-3-10(12)13-14/h1-5H,(H2,12,13). The molecule has 0 aliphatic heterocycles. The lowest BCUT2D eigenvalue weighted by Gasteiger charge is -2.02. The summed E-state index contributed by atoms with van der Waals surface area (Å²) in [6.07, 6.45) is 1.52. The molecule has 0 atom stereocenters. The second kappa shape index (κ2) is 3.94. The molecular weight excluding hydrogens is 222 g/mol. The van der Waals surface area contributed by atoms with Gasteiger partial charge >= 0.3 is 0 Å². The highest BCUT2D eigenvalue weighted by molar-refractivity contribution is 5.56. The van der Waals surface area contributed by atoms with E-state index in [4.69, 9.17) is 11.0 Å². The number of aromatic nitrogens is 2. The van der Waals surface area contributed by atoms with Gasteiger partial charge in [0.1, 0.15) is 11.5 Å². The zero-order chi connectivity index (χ0) is 12.4. The number of nitro groups is 1. The van der Waals surface area contributed by atoms with Crippen LogP contribution in [0.25, 0.3) is 5.69 Å². The molecule has 1 aromatic carbocycles. The van der Waals surface area contributed by atoms with Crippen molar-refractivity contribution in [3.05, 3.63) is 46.1 Å². The predicted molar refractivity (Wildman–Crippen MR) is 59.3 cm³/mol. The average Bonchev–Trinajstić information content (AvgIpc) is 2.75. The third-order valence-electron chi connectivity index (χ3n) is 2.16. The van der Waals surface area contributed by atoms with Gasteiger partial charge in [-0.15, -0.1) is 0 Å². The Morgan fingerprint density at radius 3 is 2.76 bits per heavy atom. The van der Waals surface area contributed by atoms with Crippen molar-refractivity contribution in [1.29, 1.82) is 5.26 Å². The summed E-state index contributed by atoms with van der Waals surface area (Å²) < 4.78 is 1.30. The van der Waals surface area contributed by atoms with Crippen LogP contribution in [0.2, 0.25) is 0 Å². The fraction of sp³-hybridized carbons (Fsp3) is 0. The van der Waals surface area contributed by atoms with Gasteiger partial charge in [0.2, 0.25) is 0 Å². The van der Waals surface area contributed by atoms with E-state index in [1.54, 1.807) is 0 Å². The number of anilines is 1. The zero-order valence-electron chi connectivity index (χ0n) is 8.57. The number of rotatable bonds is 2. The summed E-state index contributed by atoms with van der Waals surface area (Å²) >= 11 is 0. The lowest BCUT2D eigenvalue weighted by molar-refractivity contribution is -0.384. The van der Waals surface area contributed by atoms with Gasteiger partial charge in [-0.3, -0.25) is 10.1 Å². The molecule has 0 aliphatic rings. The Morgan fingerprint density at radius 1 is 1.47 bits per heavy atom. The number of nitriles is 1. The summed E-state index contributed by atoms with van der Waals surface area (Å²) in [5, 5.41) is 23.5. The van der Waals surface area contributed by atoms with E-state index in [1.807, 2.05) is 6.07 Å². The predicted octanol–water partition coefficient (Wildman–Crippen LogP) is 1.23. The highest BCUT2D eigenvalue weighted by Crippen LogP contribution is 2.23. The van der Waals surface area contributed by atoms with Crippen LogP contribution in [0.5, 0.6) is 0 Å². The van der Waals surface area contributed by atoms with Crippen molar-refractivity contribution in [2.45, 2.75) is 0 Å². The zero-order valence-corrected chi connectivity index (χ0v) is 8.57. The SMILES string of the molecule is N#Cc1ccc(-n2ccc(N)n2)c([N+](=O)[O-])c1. The van der Waals surface area contributed by atoms with E-state index < -0.39 is 4.92 Å². The number of nitrogens with zero attached hydrogens (tertiary/aromatic N) is 4. The molecule has 0 saturated carbocycles. The van der Waals surface area contributed by atoms with Crippen molar-refractivity contribution in [2.24, 2.45) is 0 Å². The van der Waals surface area contributed by atoms with E-state index in [9.17, 15) is 10.1 Å². The maximum absolute atomic E-state index is 10.9. The largest absolute Gasteiger partial charge is 0.382 e. The molecular formula is C10H7N5O2. The lowest BCUT2D eigenvalue weighted by atomic mass is 10.2. The Hall–Kier alpha value is -2.88. The maximum Gasteiger partial charge on any atom is 0.296 e. The van der Waals surface area contributed by atoms with Crippen LogP contribution >= 0.6 is 0 Å². The van der Waals surface area contributed by atoms with Gasteiger partial charge in [-0.05, 0) is 12.1 Å². The second-order valence-electron chi connectivity index (χ2n) is 3.26. The third kappa shape index (κ3) is 1.91. The first-order chi connectivity index (χ1) is 8.11. The summed E-state index contributed by atoms with van der Waals surface area (Å²) in [6.45, 7) is 0. The summed E-state index contributed by atoms with van der Waals surface area (Å²) in [6, 6.07) is 7.53. The Labute approximate surface area is 95.8 Å². The summed E-state index contributed by atoms with van der Waals surface area (Å²) in [7, 11) is 0. The van der Waals surface area contributed by atoms with Gasteiger partial charge in [-0.2, -0.15) is 10.4 Å². The van der Waals surface area contributed by atoms with Crippen LogP contribution < -0.4 is 5.73 Å². The molecule has 2 rings (SSSR count). The first kappa shape index (κ1) is 10.6. The molecule has 84 valence electrons. The molecule has 0 spiro atoms. The summed E-state index contributed by atoms with van der Waals surface area (Å²) in [5.74, 6) is 0.267. The van der Waals surface area contributed by atoms with E-state index in [0.717, 1.165) is 0 Å². The molecule has 2 aromatic rings. The molecule has 0 amide bonds. The van der Waals surface area contributed by atoms with Gasteiger partial charge in [0.15, 0.2) is 0 Å². The van der Waals surface area contributed by atoms with Crippen LogP contribution in [-0.2, 0) is 0 Å². The van der Waals surface area contributed by atoms with Gasteiger partial charge in [-0.1, -0.05) is 0 Å². The van der Waals surface area contributed by atoms with Crippen molar-refractivity contribution in [3.8, 4) is 11.8 Å². The van der Waals surface area contributed by atoms with Gasteiger partial charge < -0.3 is 5.73 Å². The Morgan fingerprint density at radius 2 is 2.24 bits per heavy atom. The first-order valence-corrected chi connectivity index (χ1v) is 4.62. The second-order valence-corrected chi connectivity index (χ2v) is 3.26. The Kier molecular flexibility index (Phi) is 2.46. The molecule has 0 aliphatic carbocycles. The number of hydrogen-bond acceptors (Lipinski definition) is 5. The average molecular weight is 229 g/mol. The molecule has 17 heavy (non-hydrogen) atoms. The molecule has 0 bridgehead atoms. The smallest absolute Gasteiger partial charge is 0.296 e. The van der Waals surface area contributed by atoms with Crippen LogP contribution in [0, 0.1) is 21.4 Å². The minimum atomic E-state index is -0.561. The number of nitrogen functional groups attached to an aromatic ring is 1. The van der Waals surface area contributed by atoms with Crippen molar-refractivity contribution in [2.75, 3.05) is 5.73 Å². The fourth-order valence-corrected chi connectivity index (χ4v) is 1.41. The van der Waals surface area contributed by atoms with Crippen LogP contribution in [0.3, 0.4) is 0 Å².